The molecule has 0 N–H and O–H groups in total. The van der Waals surface area contributed by atoms with Crippen molar-refractivity contribution >= 4 is 17.1 Å². The second kappa shape index (κ2) is 9.36. The molecular weight excluding hydrogens is 421 g/mol. The van der Waals surface area contributed by atoms with Crippen LogP contribution in [0.25, 0.3) is 11.2 Å². The zero-order valence-corrected chi connectivity index (χ0v) is 18.1. The molecule has 2 aromatic heterocycles. The zero-order valence-electron chi connectivity index (χ0n) is 18.1. The van der Waals surface area contributed by atoms with E-state index in [0.29, 0.717) is 37.5 Å². The SMILES string of the molecule is O=C(c1cccc(F)c1)N1CCCC(c2nn(CCOc3ccccc3)c3nccnc23)C1. The number of hydrogen-bond acceptors (Lipinski definition) is 5. The van der Waals surface area contributed by atoms with E-state index >= 15 is 0 Å². The summed E-state index contributed by atoms with van der Waals surface area (Å²) in [5.74, 6) is 0.267. The van der Waals surface area contributed by atoms with Crippen molar-refractivity contribution in [2.75, 3.05) is 19.7 Å². The van der Waals surface area contributed by atoms with Crippen LogP contribution in [0.15, 0.2) is 67.0 Å². The lowest BCUT2D eigenvalue weighted by molar-refractivity contribution is 0.0705. The lowest BCUT2D eigenvalue weighted by atomic mass is 9.94. The van der Waals surface area contributed by atoms with E-state index in [2.05, 4.69) is 9.97 Å². The number of para-hydroxylation sites is 1. The molecule has 1 aliphatic rings. The first-order valence-corrected chi connectivity index (χ1v) is 11.1. The number of amides is 1. The molecule has 1 fully saturated rings. The number of benzene rings is 2. The third kappa shape index (κ3) is 4.55. The fourth-order valence-electron chi connectivity index (χ4n) is 4.31. The van der Waals surface area contributed by atoms with Gasteiger partial charge in [0.25, 0.3) is 5.91 Å². The maximum atomic E-state index is 13.6. The molecule has 168 valence electrons. The number of carbonyl (C=O) groups excluding carboxylic acids is 1. The average molecular weight is 445 g/mol. The number of likely N-dealkylation sites (tertiary alicyclic amines) is 1. The van der Waals surface area contributed by atoms with E-state index in [-0.39, 0.29) is 11.8 Å². The Hall–Kier alpha value is -3.81. The summed E-state index contributed by atoms with van der Waals surface area (Å²) in [6.45, 7) is 2.13. The minimum absolute atomic E-state index is 0.0340. The third-order valence-electron chi connectivity index (χ3n) is 5.88. The second-order valence-electron chi connectivity index (χ2n) is 8.10. The quantitative estimate of drug-likeness (QED) is 0.447. The molecule has 0 spiro atoms. The maximum Gasteiger partial charge on any atom is 0.253 e. The fraction of sp³-hybridized carbons (Fsp3) is 0.280. The Morgan fingerprint density at radius 1 is 1.09 bits per heavy atom. The number of carbonyl (C=O) groups is 1. The molecule has 0 saturated carbocycles. The predicted molar refractivity (Wildman–Crippen MR) is 122 cm³/mol. The first kappa shape index (κ1) is 21.1. The Balaban J connectivity index is 1.35. The van der Waals surface area contributed by atoms with Gasteiger partial charge in [0.1, 0.15) is 23.7 Å². The Morgan fingerprint density at radius 3 is 2.79 bits per heavy atom. The van der Waals surface area contributed by atoms with Crippen molar-refractivity contribution in [1.82, 2.24) is 24.6 Å². The average Bonchev–Trinajstić information content (AvgIpc) is 3.23. The third-order valence-corrected chi connectivity index (χ3v) is 5.88. The van der Waals surface area contributed by atoms with Crippen LogP contribution in [0, 0.1) is 5.82 Å². The van der Waals surface area contributed by atoms with E-state index in [1.807, 2.05) is 35.0 Å². The molecule has 4 aromatic rings. The highest BCUT2D eigenvalue weighted by Gasteiger charge is 2.29. The van der Waals surface area contributed by atoms with E-state index in [1.54, 1.807) is 29.4 Å². The van der Waals surface area contributed by atoms with Crippen molar-refractivity contribution in [3.05, 3.63) is 84.1 Å². The van der Waals surface area contributed by atoms with Gasteiger partial charge >= 0.3 is 0 Å². The molecule has 0 aliphatic carbocycles. The minimum Gasteiger partial charge on any atom is -0.492 e. The van der Waals surface area contributed by atoms with Crippen molar-refractivity contribution in [2.45, 2.75) is 25.3 Å². The molecule has 7 nitrogen and oxygen atoms in total. The van der Waals surface area contributed by atoms with Crippen LogP contribution in [0.3, 0.4) is 0 Å². The van der Waals surface area contributed by atoms with Crippen LogP contribution in [0.1, 0.15) is 34.8 Å². The molecule has 1 aliphatic heterocycles. The Morgan fingerprint density at radius 2 is 1.94 bits per heavy atom. The summed E-state index contributed by atoms with van der Waals surface area (Å²) < 4.78 is 21.3. The molecule has 1 unspecified atom stereocenters. The topological polar surface area (TPSA) is 73.1 Å². The van der Waals surface area contributed by atoms with Gasteiger partial charge in [-0.2, -0.15) is 5.10 Å². The number of aromatic nitrogens is 4. The standard InChI is InChI=1S/C25H24FN5O2/c26-20-8-4-6-18(16-20)25(32)30-13-5-7-19(17-30)22-23-24(28-12-11-27-23)31(29-22)14-15-33-21-9-2-1-3-10-21/h1-4,6,8-12,16,19H,5,7,13-15,17H2. The van der Waals surface area contributed by atoms with Crippen LogP contribution < -0.4 is 4.74 Å². The Labute approximate surface area is 190 Å². The summed E-state index contributed by atoms with van der Waals surface area (Å²) in [6, 6.07) is 15.5. The van der Waals surface area contributed by atoms with Gasteiger partial charge in [0.2, 0.25) is 0 Å². The van der Waals surface area contributed by atoms with Gasteiger partial charge in [-0.15, -0.1) is 0 Å². The largest absolute Gasteiger partial charge is 0.492 e. The number of nitrogens with zero attached hydrogens (tertiary/aromatic N) is 5. The number of ether oxygens (including phenoxy) is 1. The van der Waals surface area contributed by atoms with E-state index < -0.39 is 5.82 Å². The van der Waals surface area contributed by atoms with Gasteiger partial charge in [-0.05, 0) is 43.2 Å². The van der Waals surface area contributed by atoms with Crippen LogP contribution >= 0.6 is 0 Å². The van der Waals surface area contributed by atoms with Crippen molar-refractivity contribution in [2.24, 2.45) is 0 Å². The van der Waals surface area contributed by atoms with Gasteiger partial charge in [-0.1, -0.05) is 24.3 Å². The van der Waals surface area contributed by atoms with E-state index in [1.165, 1.54) is 12.1 Å². The number of halogens is 1. The molecule has 1 saturated heterocycles. The van der Waals surface area contributed by atoms with Gasteiger partial charge in [-0.3, -0.25) is 4.79 Å². The van der Waals surface area contributed by atoms with E-state index in [9.17, 15) is 9.18 Å². The molecule has 2 aromatic carbocycles. The molecule has 3 heterocycles. The molecule has 8 heteroatoms. The fourth-order valence-corrected chi connectivity index (χ4v) is 4.31. The van der Waals surface area contributed by atoms with E-state index in [0.717, 1.165) is 29.8 Å². The molecule has 1 atom stereocenters. The van der Waals surface area contributed by atoms with Crippen LogP contribution in [-0.4, -0.2) is 50.3 Å². The van der Waals surface area contributed by atoms with Crippen LogP contribution in [0.5, 0.6) is 5.75 Å². The van der Waals surface area contributed by atoms with E-state index in [4.69, 9.17) is 9.84 Å². The van der Waals surface area contributed by atoms with Gasteiger partial charge in [0.15, 0.2) is 5.65 Å². The number of rotatable bonds is 6. The monoisotopic (exact) mass is 445 g/mol. The summed E-state index contributed by atoms with van der Waals surface area (Å²) in [5.41, 5.74) is 2.67. The molecule has 5 rings (SSSR count). The normalized spacial score (nSPS) is 16.2. The highest BCUT2D eigenvalue weighted by molar-refractivity contribution is 5.94. The summed E-state index contributed by atoms with van der Waals surface area (Å²) in [4.78, 5) is 23.8. The summed E-state index contributed by atoms with van der Waals surface area (Å²) in [6.07, 6.45) is 5.06. The number of fused-ring (bicyclic) bond motifs is 1. The van der Waals surface area contributed by atoms with Gasteiger partial charge in [0, 0.05) is 37.0 Å². The summed E-state index contributed by atoms with van der Waals surface area (Å²) in [7, 11) is 0. The zero-order chi connectivity index (χ0) is 22.6. The molecule has 0 bridgehead atoms. The number of piperidine rings is 1. The Bertz CT molecular complexity index is 1260. The molecular formula is C25H24FN5O2. The van der Waals surface area contributed by atoms with Crippen molar-refractivity contribution in [3.63, 3.8) is 0 Å². The minimum atomic E-state index is -0.410. The van der Waals surface area contributed by atoms with Crippen LogP contribution in [-0.2, 0) is 6.54 Å². The van der Waals surface area contributed by atoms with Gasteiger partial charge < -0.3 is 9.64 Å². The second-order valence-corrected chi connectivity index (χ2v) is 8.10. The smallest absolute Gasteiger partial charge is 0.253 e. The predicted octanol–water partition coefficient (Wildman–Crippen LogP) is 4.06. The van der Waals surface area contributed by atoms with Crippen molar-refractivity contribution < 1.29 is 13.9 Å². The van der Waals surface area contributed by atoms with Gasteiger partial charge in [-0.25, -0.2) is 19.0 Å². The highest BCUT2D eigenvalue weighted by atomic mass is 19.1. The van der Waals surface area contributed by atoms with Crippen LogP contribution in [0.4, 0.5) is 4.39 Å². The van der Waals surface area contributed by atoms with Crippen molar-refractivity contribution in [3.8, 4) is 5.75 Å². The maximum absolute atomic E-state index is 13.6. The Kier molecular flexibility index (Phi) is 5.97. The highest BCUT2D eigenvalue weighted by Crippen LogP contribution is 2.30. The lowest BCUT2D eigenvalue weighted by Gasteiger charge is -2.32. The molecule has 33 heavy (non-hydrogen) atoms. The molecule has 1 amide bonds. The summed E-state index contributed by atoms with van der Waals surface area (Å²) in [5, 5.41) is 4.84. The summed E-state index contributed by atoms with van der Waals surface area (Å²) >= 11 is 0. The van der Waals surface area contributed by atoms with Crippen LogP contribution in [0.2, 0.25) is 0 Å². The first-order chi connectivity index (χ1) is 16.2. The van der Waals surface area contributed by atoms with Crippen molar-refractivity contribution in [1.29, 1.82) is 0 Å². The first-order valence-electron chi connectivity index (χ1n) is 11.1. The molecule has 0 radical (unpaired) electrons. The van der Waals surface area contributed by atoms with Gasteiger partial charge in [0.05, 0.1) is 12.2 Å². The lowest BCUT2D eigenvalue weighted by Crippen LogP contribution is -2.39. The number of hydrogen-bond donors (Lipinski definition) is 0.